The summed E-state index contributed by atoms with van der Waals surface area (Å²) in [6, 6.07) is 7.66. The van der Waals surface area contributed by atoms with E-state index in [9.17, 15) is 27.5 Å². The number of rotatable bonds is 8. The highest BCUT2D eigenvalue weighted by Gasteiger charge is 2.34. The molecule has 2 heterocycles. The van der Waals surface area contributed by atoms with Crippen LogP contribution in [0.15, 0.2) is 51.9 Å². The number of ether oxygens (including phenoxy) is 1. The fraction of sp³-hybridized carbons (Fsp3) is 0.393. The van der Waals surface area contributed by atoms with Crippen molar-refractivity contribution in [3.05, 3.63) is 65.3 Å². The molecule has 1 aliphatic heterocycles. The van der Waals surface area contributed by atoms with E-state index in [0.29, 0.717) is 17.1 Å². The van der Waals surface area contributed by atoms with Crippen LogP contribution in [0, 0.1) is 25.6 Å². The van der Waals surface area contributed by atoms with Crippen LogP contribution < -0.4 is 14.8 Å². The maximum absolute atomic E-state index is 13.7. The summed E-state index contributed by atoms with van der Waals surface area (Å²) < 4.78 is 52.9. The summed E-state index contributed by atoms with van der Waals surface area (Å²) in [5, 5.41) is 16.5. The number of aryl methyl sites for hydroxylation is 2. The lowest BCUT2D eigenvalue weighted by Crippen LogP contribution is -2.50. The zero-order chi connectivity index (χ0) is 30.8. The Kier molecular flexibility index (Phi) is 9.06. The molecule has 226 valence electrons. The van der Waals surface area contributed by atoms with Crippen LogP contribution in [0.5, 0.6) is 5.75 Å². The van der Waals surface area contributed by atoms with Crippen molar-refractivity contribution in [2.24, 2.45) is 5.92 Å². The van der Waals surface area contributed by atoms with Gasteiger partial charge in [0.2, 0.25) is 0 Å². The number of fused-ring (bicyclic) bond motifs is 1. The molecule has 0 aliphatic carbocycles. The summed E-state index contributed by atoms with van der Waals surface area (Å²) in [7, 11) is -2.48. The first-order valence-corrected chi connectivity index (χ1v) is 14.7. The van der Waals surface area contributed by atoms with Crippen LogP contribution in [-0.2, 0) is 10.0 Å². The fourth-order valence-electron chi connectivity index (χ4n) is 4.55. The predicted molar refractivity (Wildman–Crippen MR) is 152 cm³/mol. The predicted octanol–water partition coefficient (Wildman–Crippen LogP) is 3.62. The van der Waals surface area contributed by atoms with Crippen LogP contribution >= 0.6 is 0 Å². The van der Waals surface area contributed by atoms with Crippen molar-refractivity contribution in [2.75, 3.05) is 36.8 Å². The van der Waals surface area contributed by atoms with Crippen molar-refractivity contribution in [1.82, 2.24) is 15.0 Å². The monoisotopic (exact) mass is 603 g/mol. The van der Waals surface area contributed by atoms with E-state index >= 15 is 0 Å². The molecule has 3 N–H and O–H groups in total. The number of carbonyl (C=O) groups excluding carboxylic acids is 2. The molecule has 3 aromatic rings. The number of aliphatic hydroxyl groups is 1. The molecule has 0 saturated carbocycles. The number of amides is 3. The number of urea groups is 1. The number of aliphatic hydroxyl groups excluding tert-OH is 1. The van der Waals surface area contributed by atoms with Gasteiger partial charge in [0.1, 0.15) is 29.1 Å². The van der Waals surface area contributed by atoms with Crippen molar-refractivity contribution in [1.29, 1.82) is 0 Å². The molecular formula is C28H34FN5O7S. The van der Waals surface area contributed by atoms with E-state index in [1.54, 1.807) is 27.8 Å². The van der Waals surface area contributed by atoms with Gasteiger partial charge in [-0.05, 0) is 63.2 Å². The number of hydrogen-bond donors (Lipinski definition) is 3. The van der Waals surface area contributed by atoms with Crippen LogP contribution in [0.3, 0.4) is 0 Å². The third kappa shape index (κ3) is 6.65. The first-order valence-electron chi connectivity index (χ1n) is 13.3. The molecule has 3 amide bonds. The average molecular weight is 604 g/mol. The van der Waals surface area contributed by atoms with Crippen LogP contribution in [-0.4, -0.2) is 79.3 Å². The van der Waals surface area contributed by atoms with E-state index in [-0.39, 0.29) is 47.5 Å². The molecule has 0 radical (unpaired) electrons. The van der Waals surface area contributed by atoms with E-state index < -0.39 is 39.9 Å². The van der Waals surface area contributed by atoms with Gasteiger partial charge >= 0.3 is 6.03 Å². The number of sulfonamides is 1. The van der Waals surface area contributed by atoms with E-state index in [1.807, 2.05) is 6.92 Å². The van der Waals surface area contributed by atoms with Gasteiger partial charge in [-0.25, -0.2) is 17.6 Å². The lowest BCUT2D eigenvalue weighted by Gasteiger charge is -2.38. The quantitative estimate of drug-likeness (QED) is 0.353. The topological polar surface area (TPSA) is 154 Å². The summed E-state index contributed by atoms with van der Waals surface area (Å²) in [5.74, 6) is -0.634. The second kappa shape index (κ2) is 12.4. The highest BCUT2D eigenvalue weighted by molar-refractivity contribution is 7.92. The third-order valence-corrected chi connectivity index (χ3v) is 8.50. The third-order valence-electron chi connectivity index (χ3n) is 7.11. The normalized spacial score (nSPS) is 17.9. The molecule has 0 unspecified atom stereocenters. The van der Waals surface area contributed by atoms with Gasteiger partial charge in [-0.3, -0.25) is 9.52 Å². The molecule has 1 aromatic heterocycles. The maximum atomic E-state index is 13.7. The fourth-order valence-corrected chi connectivity index (χ4v) is 5.60. The summed E-state index contributed by atoms with van der Waals surface area (Å²) >= 11 is 0. The lowest BCUT2D eigenvalue weighted by molar-refractivity contribution is 0.0371. The van der Waals surface area contributed by atoms with Gasteiger partial charge in [0.05, 0.1) is 29.7 Å². The van der Waals surface area contributed by atoms with Crippen molar-refractivity contribution < 1.29 is 36.8 Å². The van der Waals surface area contributed by atoms with Crippen molar-refractivity contribution in [2.45, 2.75) is 44.7 Å². The van der Waals surface area contributed by atoms with E-state index in [0.717, 1.165) is 24.3 Å². The molecule has 0 fully saturated rings. The zero-order valence-electron chi connectivity index (χ0n) is 23.9. The molecule has 0 bridgehead atoms. The molecule has 2 aromatic carbocycles. The van der Waals surface area contributed by atoms with Gasteiger partial charge in [-0.15, -0.1) is 0 Å². The second-order valence-electron chi connectivity index (χ2n) is 10.4. The van der Waals surface area contributed by atoms with Gasteiger partial charge < -0.3 is 29.5 Å². The van der Waals surface area contributed by atoms with E-state index in [2.05, 4.69) is 15.2 Å². The number of nitrogens with zero attached hydrogens (tertiary/aromatic N) is 3. The van der Waals surface area contributed by atoms with Crippen LogP contribution in [0.25, 0.3) is 0 Å². The first-order chi connectivity index (χ1) is 19.8. The molecule has 3 atom stereocenters. The van der Waals surface area contributed by atoms with E-state index in [4.69, 9.17) is 9.26 Å². The van der Waals surface area contributed by atoms with Crippen molar-refractivity contribution in [3.63, 3.8) is 0 Å². The van der Waals surface area contributed by atoms with Gasteiger partial charge in [0.25, 0.3) is 15.9 Å². The molecule has 0 saturated heterocycles. The Hall–Kier alpha value is -4.17. The number of anilines is 2. The lowest BCUT2D eigenvalue weighted by atomic mass is 9.99. The minimum absolute atomic E-state index is 0.0781. The Bertz CT molecular complexity index is 1540. The molecule has 14 heteroatoms. The Morgan fingerprint density at radius 2 is 1.93 bits per heavy atom. The Morgan fingerprint density at radius 1 is 1.24 bits per heavy atom. The SMILES string of the molecule is Cc1noc(C)c1NC(=O)N(C)C[C@H]1Oc2ccc(NS(=O)(=O)c3ccc(F)cc3)cc2C(=O)N([C@@H](C)CO)C[C@@H]1C. The molecule has 4 rings (SSSR count). The van der Waals surface area contributed by atoms with Crippen LogP contribution in [0.4, 0.5) is 20.6 Å². The second-order valence-corrected chi connectivity index (χ2v) is 12.1. The summed E-state index contributed by atoms with van der Waals surface area (Å²) in [4.78, 5) is 29.4. The van der Waals surface area contributed by atoms with Crippen molar-refractivity contribution in [3.8, 4) is 5.75 Å². The largest absolute Gasteiger partial charge is 0.487 e. The van der Waals surface area contributed by atoms with Crippen LogP contribution in [0.1, 0.15) is 35.7 Å². The molecule has 42 heavy (non-hydrogen) atoms. The van der Waals surface area contributed by atoms with Gasteiger partial charge in [0.15, 0.2) is 5.76 Å². The van der Waals surface area contributed by atoms with Crippen molar-refractivity contribution >= 4 is 33.3 Å². The number of hydrogen-bond acceptors (Lipinski definition) is 8. The Balaban J connectivity index is 1.62. The van der Waals surface area contributed by atoms with Crippen LogP contribution in [0.2, 0.25) is 0 Å². The molecule has 1 aliphatic rings. The maximum Gasteiger partial charge on any atom is 0.321 e. The number of benzene rings is 2. The number of carbonyl (C=O) groups is 2. The number of likely N-dealkylation sites (N-methyl/N-ethyl adjacent to an activating group) is 1. The Labute approximate surface area is 243 Å². The summed E-state index contributed by atoms with van der Waals surface area (Å²) in [5.41, 5.74) is 1.19. The zero-order valence-corrected chi connectivity index (χ0v) is 24.7. The smallest absolute Gasteiger partial charge is 0.321 e. The van der Waals surface area contributed by atoms with E-state index in [1.165, 1.54) is 28.0 Å². The minimum atomic E-state index is -4.08. The molecular weight excluding hydrogens is 569 g/mol. The number of aromatic nitrogens is 1. The standard InChI is InChI=1S/C28H34FN5O7S/c1-16-13-34(17(2)15-35)27(36)23-12-21(32-42(38,39)22-9-6-20(29)7-10-22)8-11-24(23)40-25(16)14-33(5)28(37)30-26-18(3)31-41-19(26)4/h6-12,16-17,25,32,35H,13-15H2,1-5H3,(H,30,37)/t16-,17-,25+/m0/s1. The Morgan fingerprint density at radius 3 is 2.55 bits per heavy atom. The first kappa shape index (κ1) is 30.8. The number of halogens is 1. The van der Waals surface area contributed by atoms with Gasteiger partial charge in [-0.2, -0.15) is 0 Å². The minimum Gasteiger partial charge on any atom is -0.487 e. The van der Waals surface area contributed by atoms with Gasteiger partial charge in [0, 0.05) is 25.2 Å². The number of nitrogens with one attached hydrogen (secondary N) is 2. The molecule has 12 nitrogen and oxygen atoms in total. The highest BCUT2D eigenvalue weighted by Crippen LogP contribution is 2.31. The van der Waals surface area contributed by atoms with Gasteiger partial charge in [-0.1, -0.05) is 12.1 Å². The summed E-state index contributed by atoms with van der Waals surface area (Å²) in [6.45, 7) is 7.03. The average Bonchev–Trinajstić information content (AvgIpc) is 3.26. The highest BCUT2D eigenvalue weighted by atomic mass is 32.2. The molecule has 0 spiro atoms. The summed E-state index contributed by atoms with van der Waals surface area (Å²) in [6.07, 6.45) is -0.576.